The molecule has 1 saturated heterocycles. The fourth-order valence-corrected chi connectivity index (χ4v) is 3.89. The molecule has 0 radical (unpaired) electrons. The van der Waals surface area contributed by atoms with Crippen molar-refractivity contribution in [1.29, 1.82) is 0 Å². The van der Waals surface area contributed by atoms with Gasteiger partial charge in [-0.25, -0.2) is 0 Å². The first-order valence-corrected chi connectivity index (χ1v) is 9.53. The first kappa shape index (κ1) is 16.5. The van der Waals surface area contributed by atoms with Gasteiger partial charge in [0.1, 0.15) is 11.9 Å². The van der Waals surface area contributed by atoms with Crippen molar-refractivity contribution in [1.82, 2.24) is 5.32 Å². The zero-order chi connectivity index (χ0) is 15.4. The SMILES string of the molecule is [123I]c1ccccc1OC(c1ccccc1)[C@@H]1OCCN[C@H]1[123I]. The highest BCUT2D eigenvalue weighted by Gasteiger charge is 2.34. The zero-order valence-electron chi connectivity index (χ0n) is 11.9. The molecule has 0 aliphatic carbocycles. The van der Waals surface area contributed by atoms with Crippen molar-refractivity contribution in [2.75, 3.05) is 13.2 Å². The summed E-state index contributed by atoms with van der Waals surface area (Å²) in [6, 6.07) is 18.4. The van der Waals surface area contributed by atoms with E-state index in [4.69, 9.17) is 9.47 Å². The van der Waals surface area contributed by atoms with Crippen molar-refractivity contribution < 1.29 is 9.47 Å². The number of para-hydroxylation sites is 1. The van der Waals surface area contributed by atoms with Crippen LogP contribution < -0.4 is 10.1 Å². The van der Waals surface area contributed by atoms with Gasteiger partial charge in [-0.05, 0) is 40.3 Å². The molecule has 3 nitrogen and oxygen atoms in total. The summed E-state index contributed by atoms with van der Waals surface area (Å²) in [7, 11) is 0. The molecule has 22 heavy (non-hydrogen) atoms. The molecule has 5 heteroatoms. The van der Waals surface area contributed by atoms with Gasteiger partial charge < -0.3 is 14.8 Å². The van der Waals surface area contributed by atoms with Crippen LogP contribution in [-0.2, 0) is 4.74 Å². The van der Waals surface area contributed by atoms with E-state index in [-0.39, 0.29) is 16.3 Å². The minimum absolute atomic E-state index is 0.0206. The van der Waals surface area contributed by atoms with Crippen molar-refractivity contribution in [3.05, 3.63) is 63.7 Å². The molecule has 116 valence electrons. The number of hydrogen-bond donors (Lipinski definition) is 1. The lowest BCUT2D eigenvalue weighted by molar-refractivity contribution is -0.0477. The van der Waals surface area contributed by atoms with Crippen LogP contribution in [0.3, 0.4) is 0 Å². The van der Waals surface area contributed by atoms with E-state index in [1.54, 1.807) is 0 Å². The van der Waals surface area contributed by atoms with E-state index in [1.807, 2.05) is 36.4 Å². The predicted molar refractivity (Wildman–Crippen MR) is 105 cm³/mol. The lowest BCUT2D eigenvalue weighted by Crippen LogP contribution is -2.48. The molecule has 0 spiro atoms. The number of rotatable bonds is 4. The maximum absolute atomic E-state index is 6.36. The fraction of sp³-hybridized carbons (Fsp3) is 0.294. The van der Waals surface area contributed by atoms with Crippen LogP contribution in [0.5, 0.6) is 5.75 Å². The highest BCUT2D eigenvalue weighted by Crippen LogP contribution is 2.33. The van der Waals surface area contributed by atoms with Crippen molar-refractivity contribution in [2.45, 2.75) is 16.3 Å². The van der Waals surface area contributed by atoms with Crippen LogP contribution in [0, 0.1) is 3.57 Å². The molecule has 0 aromatic heterocycles. The summed E-state index contributed by atoms with van der Waals surface area (Å²) in [6.07, 6.45) is -0.153. The van der Waals surface area contributed by atoms with E-state index in [0.29, 0.717) is 6.61 Å². The van der Waals surface area contributed by atoms with Crippen LogP contribution in [-0.4, -0.2) is 23.3 Å². The number of alkyl halides is 1. The van der Waals surface area contributed by atoms with Crippen molar-refractivity contribution in [3.63, 3.8) is 0 Å². The average molecular weight is 513 g/mol. The molecule has 0 amide bonds. The Balaban J connectivity index is 1.91. The maximum Gasteiger partial charge on any atom is 0.152 e. The van der Waals surface area contributed by atoms with E-state index in [9.17, 15) is 0 Å². The van der Waals surface area contributed by atoms with Gasteiger partial charge in [-0.2, -0.15) is 0 Å². The Hall–Kier alpha value is -0.380. The summed E-state index contributed by atoms with van der Waals surface area (Å²) in [5.41, 5.74) is 1.14. The van der Waals surface area contributed by atoms with Gasteiger partial charge in [0.15, 0.2) is 6.10 Å². The topological polar surface area (TPSA) is 30.5 Å². The van der Waals surface area contributed by atoms with Crippen molar-refractivity contribution in [3.8, 4) is 5.75 Å². The molecule has 1 heterocycles. The quantitative estimate of drug-likeness (QED) is 0.379. The number of hydrogen-bond acceptors (Lipinski definition) is 3. The summed E-state index contributed by atoms with van der Waals surface area (Å²) in [5.74, 6) is 0.898. The molecule has 1 fully saturated rings. The Labute approximate surface area is 158 Å². The van der Waals surface area contributed by atoms with Gasteiger partial charge in [0.25, 0.3) is 0 Å². The summed E-state index contributed by atoms with van der Waals surface area (Å²) in [6.45, 7) is 1.59. The smallest absolute Gasteiger partial charge is 0.152 e. The normalized spacial score (nSPS) is 23.0. The van der Waals surface area contributed by atoms with E-state index < -0.39 is 0 Å². The highest BCUT2D eigenvalue weighted by molar-refractivity contribution is 14.1. The van der Waals surface area contributed by atoms with E-state index in [1.165, 1.54) is 0 Å². The van der Waals surface area contributed by atoms with E-state index in [2.05, 4.69) is 68.7 Å². The standard InChI is InChI=1S/C17H17I2NO2/c18-13-8-4-5-9-14(13)22-15(12-6-2-1-3-7-12)16-17(19)20-10-11-21-16/h1-9,15-17,20H,10-11H2/t15?,16-,17+/m0/s1/i18-4,19-4. The Morgan fingerprint density at radius 1 is 1.09 bits per heavy atom. The molecular formula is C17H17I2NO2. The van der Waals surface area contributed by atoms with Gasteiger partial charge in [0, 0.05) is 6.54 Å². The largest absolute Gasteiger partial charge is 0.482 e. The van der Waals surface area contributed by atoms with Gasteiger partial charge in [-0.3, -0.25) is 0 Å². The highest BCUT2D eigenvalue weighted by atomic mass is 123. The minimum Gasteiger partial charge on any atom is -0.482 e. The van der Waals surface area contributed by atoms with Crippen molar-refractivity contribution in [2.24, 2.45) is 0 Å². The molecule has 2 aromatic rings. The summed E-state index contributed by atoms with van der Waals surface area (Å²) >= 11 is 4.70. The third-order valence-corrected chi connectivity index (χ3v) is 5.60. The summed E-state index contributed by atoms with van der Waals surface area (Å²) < 4.78 is 13.7. The van der Waals surface area contributed by atoms with Gasteiger partial charge in [-0.15, -0.1) is 0 Å². The minimum atomic E-state index is -0.133. The summed E-state index contributed by atoms with van der Waals surface area (Å²) in [5, 5.41) is 3.46. The number of morpholine rings is 1. The van der Waals surface area contributed by atoms with Gasteiger partial charge >= 0.3 is 0 Å². The Morgan fingerprint density at radius 3 is 2.55 bits per heavy atom. The Morgan fingerprint density at radius 2 is 1.82 bits per heavy atom. The average Bonchev–Trinajstić information content (AvgIpc) is 2.56. The lowest BCUT2D eigenvalue weighted by atomic mass is 10.0. The molecule has 3 atom stereocenters. The fourth-order valence-electron chi connectivity index (χ4n) is 2.48. The van der Waals surface area contributed by atoms with Gasteiger partial charge in [0.05, 0.1) is 14.2 Å². The molecule has 1 aliphatic rings. The molecule has 0 saturated carbocycles. The van der Waals surface area contributed by atoms with Crippen LogP contribution >= 0.6 is 45.2 Å². The van der Waals surface area contributed by atoms with Gasteiger partial charge in [0.2, 0.25) is 0 Å². The first-order chi connectivity index (χ1) is 10.8. The molecule has 1 unspecified atom stereocenters. The Bertz CT molecular complexity index is 609. The monoisotopic (exact) mass is 513 g/mol. The van der Waals surface area contributed by atoms with E-state index >= 15 is 0 Å². The van der Waals surface area contributed by atoms with Crippen LogP contribution in [0.4, 0.5) is 0 Å². The third-order valence-electron chi connectivity index (χ3n) is 3.56. The summed E-state index contributed by atoms with van der Waals surface area (Å²) in [4.78, 5) is 0. The predicted octanol–water partition coefficient (Wildman–Crippen LogP) is 4.16. The lowest BCUT2D eigenvalue weighted by Gasteiger charge is -2.35. The second-order valence-electron chi connectivity index (χ2n) is 5.07. The second-order valence-corrected chi connectivity index (χ2v) is 7.58. The van der Waals surface area contributed by atoms with Crippen LogP contribution in [0.2, 0.25) is 0 Å². The van der Waals surface area contributed by atoms with E-state index in [0.717, 1.165) is 21.4 Å². The Kier molecular flexibility index (Phi) is 5.95. The molecular weight excluding hydrogens is 496 g/mol. The molecule has 0 bridgehead atoms. The molecule has 3 rings (SSSR count). The molecule has 2 aromatic carbocycles. The maximum atomic E-state index is 6.36. The third kappa shape index (κ3) is 3.93. The number of ether oxygens (including phenoxy) is 2. The first-order valence-electron chi connectivity index (χ1n) is 7.21. The molecule has 1 aliphatic heterocycles. The van der Waals surface area contributed by atoms with Crippen LogP contribution in [0.25, 0.3) is 0 Å². The van der Waals surface area contributed by atoms with Crippen molar-refractivity contribution >= 4 is 45.2 Å². The number of benzene rings is 2. The zero-order valence-corrected chi connectivity index (χ0v) is 16.2. The number of halogens is 2. The second kappa shape index (κ2) is 7.94. The van der Waals surface area contributed by atoms with Gasteiger partial charge in [-0.1, -0.05) is 65.1 Å². The van der Waals surface area contributed by atoms with Crippen LogP contribution in [0.15, 0.2) is 54.6 Å². The number of nitrogens with one attached hydrogen (secondary N) is 1. The molecule has 1 N–H and O–H groups in total. The van der Waals surface area contributed by atoms with Crippen LogP contribution in [0.1, 0.15) is 11.7 Å².